The first-order valence-corrected chi connectivity index (χ1v) is 21.5. The smallest absolute Gasteiger partial charge is 0.262 e. The maximum absolute atomic E-state index is 7.29. The molecule has 4 aliphatic heterocycles. The largest absolute Gasteiger partial charge is 0.454 e. The molecule has 9 heteroatoms. The van der Waals surface area contributed by atoms with Gasteiger partial charge in [0, 0.05) is 44.2 Å². The van der Waals surface area contributed by atoms with Crippen LogP contribution in [-0.4, -0.2) is 20.3 Å². The second kappa shape index (κ2) is 12.3. The standard InChI is InChI=1S/C52H53BN2O6/c1-26-18-39-46(58-24-56-39)28(3)44(26)54-35-22-32(52(11,12)13)23-36-43(35)53(41-33-20-30(50(5,6)7)14-16-37(33)60-48(41)54)42-34-21-31(51(8,9)10)15-17-38(34)61-49(42)55(36)45-27(2)19-40-47(29(45)4)59-25-57-40/h14-23H,24-25H2,1-13H3. The number of anilines is 6. The van der Waals surface area contributed by atoms with E-state index in [-0.39, 0.29) is 36.5 Å². The van der Waals surface area contributed by atoms with Crippen LogP contribution in [0.1, 0.15) is 101 Å². The van der Waals surface area contributed by atoms with E-state index in [2.05, 4.69) is 160 Å². The Morgan fingerprint density at radius 2 is 0.885 bits per heavy atom. The van der Waals surface area contributed by atoms with Gasteiger partial charge in [-0.1, -0.05) is 74.4 Å². The predicted molar refractivity (Wildman–Crippen MR) is 247 cm³/mol. The fourth-order valence-electron chi connectivity index (χ4n) is 10.3. The van der Waals surface area contributed by atoms with Gasteiger partial charge < -0.3 is 27.8 Å². The Balaban J connectivity index is 1.35. The molecule has 4 aliphatic rings. The molecule has 0 fully saturated rings. The first-order valence-electron chi connectivity index (χ1n) is 21.5. The van der Waals surface area contributed by atoms with Crippen molar-refractivity contribution >= 4 is 79.6 Å². The molecule has 0 spiro atoms. The van der Waals surface area contributed by atoms with Crippen LogP contribution in [0.15, 0.2) is 69.5 Å². The number of benzene rings is 5. The summed E-state index contributed by atoms with van der Waals surface area (Å²) in [6.45, 7) is 29.3. The summed E-state index contributed by atoms with van der Waals surface area (Å²) in [6.07, 6.45) is 0. The van der Waals surface area contributed by atoms with E-state index in [1.807, 2.05) is 0 Å². The van der Waals surface area contributed by atoms with Gasteiger partial charge in [0.05, 0.1) is 11.4 Å². The van der Waals surface area contributed by atoms with E-state index in [0.717, 1.165) is 113 Å². The lowest BCUT2D eigenvalue weighted by Crippen LogP contribution is -2.61. The number of aryl methyl sites for hydroxylation is 2. The summed E-state index contributed by atoms with van der Waals surface area (Å²) in [5.74, 6) is 4.67. The molecular formula is C52H53BN2O6. The van der Waals surface area contributed by atoms with Crippen molar-refractivity contribution in [2.45, 2.75) is 106 Å². The molecule has 0 aliphatic carbocycles. The van der Waals surface area contributed by atoms with Crippen molar-refractivity contribution in [2.24, 2.45) is 0 Å². The van der Waals surface area contributed by atoms with Crippen molar-refractivity contribution in [3.8, 4) is 23.0 Å². The molecule has 8 nitrogen and oxygen atoms in total. The van der Waals surface area contributed by atoms with Gasteiger partial charge in [-0.25, -0.2) is 0 Å². The van der Waals surface area contributed by atoms with Crippen LogP contribution in [0.3, 0.4) is 0 Å². The predicted octanol–water partition coefficient (Wildman–Crippen LogP) is 11.8. The maximum Gasteiger partial charge on any atom is 0.262 e. The third-order valence-electron chi connectivity index (χ3n) is 13.5. The van der Waals surface area contributed by atoms with Crippen molar-refractivity contribution in [1.82, 2.24) is 0 Å². The number of furan rings is 2. The zero-order chi connectivity index (χ0) is 42.8. The van der Waals surface area contributed by atoms with Crippen molar-refractivity contribution in [1.29, 1.82) is 0 Å². The lowest BCUT2D eigenvalue weighted by atomic mass is 9.33. The Morgan fingerprint density at radius 1 is 0.475 bits per heavy atom. The Bertz CT molecular complexity index is 2870. The molecule has 0 bridgehead atoms. The van der Waals surface area contributed by atoms with Crippen molar-refractivity contribution in [3.63, 3.8) is 0 Å². The summed E-state index contributed by atoms with van der Waals surface area (Å²) in [4.78, 5) is 4.77. The van der Waals surface area contributed by atoms with E-state index in [4.69, 9.17) is 27.8 Å². The van der Waals surface area contributed by atoms with Gasteiger partial charge in [-0.3, -0.25) is 9.80 Å². The molecular weight excluding hydrogens is 759 g/mol. The van der Waals surface area contributed by atoms with Gasteiger partial charge in [-0.15, -0.1) is 0 Å². The Labute approximate surface area is 358 Å². The quantitative estimate of drug-likeness (QED) is 0.160. The minimum atomic E-state index is -0.242. The number of hydrogen-bond donors (Lipinski definition) is 0. The first kappa shape index (κ1) is 38.0. The molecule has 0 saturated heterocycles. The van der Waals surface area contributed by atoms with Crippen molar-refractivity contribution < 1.29 is 27.8 Å². The van der Waals surface area contributed by atoms with E-state index >= 15 is 0 Å². The summed E-state index contributed by atoms with van der Waals surface area (Å²) in [5, 5.41) is 2.20. The average Bonchev–Trinajstić information content (AvgIpc) is 3.99. The van der Waals surface area contributed by atoms with Gasteiger partial charge in [0.25, 0.3) is 6.71 Å². The van der Waals surface area contributed by atoms with Gasteiger partial charge in [0.15, 0.2) is 23.0 Å². The van der Waals surface area contributed by atoms with Gasteiger partial charge in [0.1, 0.15) is 11.2 Å². The SMILES string of the molecule is Cc1cc2c(c(C)c1N1c3cc(C(C)(C)C)cc4c3B(c3c1oc1ccc(C(C)(C)C)cc31)c1c(oc3ccc(C(C)(C)C)cc13)N4c1c(C)cc3c(c1C)OCO3)OCO2. The van der Waals surface area contributed by atoms with E-state index in [9.17, 15) is 0 Å². The van der Waals surface area contributed by atoms with Gasteiger partial charge >= 0.3 is 0 Å². The number of rotatable bonds is 2. The van der Waals surface area contributed by atoms with Crippen LogP contribution in [0, 0.1) is 27.7 Å². The zero-order valence-electron chi connectivity index (χ0n) is 37.6. The highest BCUT2D eigenvalue weighted by molar-refractivity contribution is 7.02. The molecule has 310 valence electrons. The first-order chi connectivity index (χ1) is 28.8. The maximum atomic E-state index is 7.29. The average molecular weight is 813 g/mol. The highest BCUT2D eigenvalue weighted by atomic mass is 16.7. The highest BCUT2D eigenvalue weighted by Gasteiger charge is 2.50. The van der Waals surface area contributed by atoms with Crippen LogP contribution in [0.4, 0.5) is 34.5 Å². The van der Waals surface area contributed by atoms with Gasteiger partial charge in [-0.2, -0.15) is 0 Å². The van der Waals surface area contributed by atoms with E-state index in [0.29, 0.717) is 0 Å². The van der Waals surface area contributed by atoms with Crippen LogP contribution in [0.5, 0.6) is 23.0 Å². The third kappa shape index (κ3) is 5.31. The fraction of sp³-hybridized carbons (Fsp3) is 0.346. The second-order valence-electron chi connectivity index (χ2n) is 20.6. The monoisotopic (exact) mass is 812 g/mol. The van der Waals surface area contributed by atoms with Gasteiger partial charge in [0.2, 0.25) is 25.4 Å². The summed E-state index contributed by atoms with van der Waals surface area (Å²) < 4.78 is 38.9. The molecule has 2 aromatic heterocycles. The fourth-order valence-corrected chi connectivity index (χ4v) is 10.3. The number of nitrogens with zero attached hydrogens (tertiary/aromatic N) is 2. The van der Waals surface area contributed by atoms with Crippen LogP contribution in [-0.2, 0) is 16.2 Å². The Hall–Kier alpha value is -5.96. The van der Waals surface area contributed by atoms with Crippen LogP contribution in [0.2, 0.25) is 0 Å². The molecule has 11 rings (SSSR count). The van der Waals surface area contributed by atoms with Crippen LogP contribution in [0.25, 0.3) is 21.9 Å². The molecule has 61 heavy (non-hydrogen) atoms. The molecule has 0 saturated carbocycles. The van der Waals surface area contributed by atoms with Gasteiger partial charge in [-0.05, 0) is 126 Å². The minimum absolute atomic E-state index is 0.0885. The van der Waals surface area contributed by atoms with E-state index < -0.39 is 0 Å². The summed E-state index contributed by atoms with van der Waals surface area (Å²) in [6, 6.07) is 22.5. The molecule has 6 heterocycles. The van der Waals surface area contributed by atoms with Crippen molar-refractivity contribution in [2.75, 3.05) is 23.4 Å². The topological polar surface area (TPSA) is 69.7 Å². The molecule has 0 unspecified atom stereocenters. The molecule has 0 radical (unpaired) electrons. The molecule has 7 aromatic rings. The lowest BCUT2D eigenvalue weighted by Gasteiger charge is -2.43. The summed E-state index contributed by atoms with van der Waals surface area (Å²) in [7, 11) is 0. The molecule has 0 atom stereocenters. The minimum Gasteiger partial charge on any atom is -0.454 e. The molecule has 0 N–H and O–H groups in total. The Kier molecular flexibility index (Phi) is 7.68. The van der Waals surface area contributed by atoms with E-state index in [1.54, 1.807) is 0 Å². The summed E-state index contributed by atoms with van der Waals surface area (Å²) >= 11 is 0. The summed E-state index contributed by atoms with van der Waals surface area (Å²) in [5.41, 5.74) is 16.7. The number of ether oxygens (including phenoxy) is 4. The van der Waals surface area contributed by atoms with Crippen LogP contribution >= 0.6 is 0 Å². The second-order valence-corrected chi connectivity index (χ2v) is 20.6. The third-order valence-corrected chi connectivity index (χ3v) is 13.5. The van der Waals surface area contributed by atoms with Crippen LogP contribution < -0.4 is 45.1 Å². The zero-order valence-corrected chi connectivity index (χ0v) is 37.6. The van der Waals surface area contributed by atoms with Crippen molar-refractivity contribution in [3.05, 3.63) is 99.6 Å². The normalized spacial score (nSPS) is 15.3. The number of hydrogen-bond acceptors (Lipinski definition) is 8. The lowest BCUT2D eigenvalue weighted by molar-refractivity contribution is 0.173. The Morgan fingerprint density at radius 3 is 1.28 bits per heavy atom. The highest BCUT2D eigenvalue weighted by Crippen LogP contribution is 2.54. The number of fused-ring (bicyclic) bond motifs is 10. The molecule has 0 amide bonds. The molecule has 5 aromatic carbocycles. The van der Waals surface area contributed by atoms with E-state index in [1.165, 1.54) is 22.2 Å².